The number of fused-ring (bicyclic) bond motifs is 1. The Morgan fingerprint density at radius 2 is 1.03 bits per heavy atom. The first-order valence-electron chi connectivity index (χ1n) is 12.4. The number of hydrogen-bond donors (Lipinski definition) is 1. The summed E-state index contributed by atoms with van der Waals surface area (Å²) in [7, 11) is 4.87. The van der Waals surface area contributed by atoms with Gasteiger partial charge in [0.1, 0.15) is 38.0 Å². The van der Waals surface area contributed by atoms with Gasteiger partial charge < -0.3 is 29.1 Å². The summed E-state index contributed by atoms with van der Waals surface area (Å²) in [6.45, 7) is 4.11. The average Bonchev–Trinajstić information content (AvgIpc) is 2.91. The fourth-order valence-corrected chi connectivity index (χ4v) is 4.68. The van der Waals surface area contributed by atoms with Gasteiger partial charge in [-0.1, -0.05) is 0 Å². The summed E-state index contributed by atoms with van der Waals surface area (Å²) in [6, 6.07) is 0. The summed E-state index contributed by atoms with van der Waals surface area (Å²) in [5.74, 6) is 2.46. The van der Waals surface area contributed by atoms with E-state index in [2.05, 4.69) is 9.80 Å². The van der Waals surface area contributed by atoms with Crippen molar-refractivity contribution in [3.8, 4) is 0 Å². The molecule has 0 unspecified atom stereocenters. The number of aliphatic hydroxyl groups excluding tert-OH is 1. The number of hydrogen-bond acceptors (Lipinski definition) is 12. The van der Waals surface area contributed by atoms with E-state index >= 15 is 0 Å². The Balaban J connectivity index is 1.94. The molecule has 35 heavy (non-hydrogen) atoms. The summed E-state index contributed by atoms with van der Waals surface area (Å²) in [4.78, 5) is 27.7. The molecule has 0 saturated carbocycles. The first-order chi connectivity index (χ1) is 17.2. The van der Waals surface area contributed by atoms with Gasteiger partial charge >= 0.3 is 0 Å². The minimum Gasteiger partial charge on any atom is -0.376 e. The van der Waals surface area contributed by atoms with E-state index in [1.165, 1.54) is 12.8 Å². The summed E-state index contributed by atoms with van der Waals surface area (Å²) >= 11 is 0. The lowest BCUT2D eigenvalue weighted by molar-refractivity contribution is 0.139. The second-order valence-electron chi connectivity index (χ2n) is 8.96. The summed E-state index contributed by atoms with van der Waals surface area (Å²) in [5, 5.41) is 10.0. The molecule has 0 atom stereocenters. The van der Waals surface area contributed by atoms with Crippen LogP contribution in [-0.2, 0) is 14.2 Å². The zero-order valence-corrected chi connectivity index (χ0v) is 21.1. The molecule has 12 heteroatoms. The van der Waals surface area contributed by atoms with Crippen molar-refractivity contribution in [3.05, 3.63) is 0 Å². The third-order valence-corrected chi connectivity index (χ3v) is 6.39. The molecule has 4 rings (SSSR count). The molecule has 2 saturated heterocycles. The van der Waals surface area contributed by atoms with Crippen molar-refractivity contribution in [2.75, 3.05) is 94.0 Å². The SMILES string of the molecule is COCN(CO)c1nc(N2CCCCC2)c2nc(N(COC)COC)nc(N3CCCCC3)c2n1. The highest BCUT2D eigenvalue weighted by Gasteiger charge is 2.27. The van der Waals surface area contributed by atoms with E-state index in [0.29, 0.717) is 36.4 Å². The lowest BCUT2D eigenvalue weighted by Gasteiger charge is -2.32. The van der Waals surface area contributed by atoms with Gasteiger partial charge in [-0.15, -0.1) is 0 Å². The maximum absolute atomic E-state index is 10.0. The van der Waals surface area contributed by atoms with Gasteiger partial charge in [-0.25, -0.2) is 9.97 Å². The van der Waals surface area contributed by atoms with Crippen LogP contribution in [0.3, 0.4) is 0 Å². The van der Waals surface area contributed by atoms with Crippen LogP contribution in [0.4, 0.5) is 23.5 Å². The predicted molar refractivity (Wildman–Crippen MR) is 135 cm³/mol. The van der Waals surface area contributed by atoms with Crippen LogP contribution in [0, 0.1) is 0 Å². The minimum atomic E-state index is -0.258. The summed E-state index contributed by atoms with van der Waals surface area (Å²) < 4.78 is 16.1. The highest BCUT2D eigenvalue weighted by atomic mass is 16.5. The molecule has 0 amide bonds. The number of aromatic nitrogens is 4. The van der Waals surface area contributed by atoms with Crippen molar-refractivity contribution in [2.45, 2.75) is 38.5 Å². The maximum atomic E-state index is 10.0. The second-order valence-corrected chi connectivity index (χ2v) is 8.96. The van der Waals surface area contributed by atoms with Crippen LogP contribution in [-0.4, -0.2) is 99.5 Å². The molecule has 0 aliphatic carbocycles. The van der Waals surface area contributed by atoms with Crippen molar-refractivity contribution < 1.29 is 19.3 Å². The maximum Gasteiger partial charge on any atom is 0.231 e. The zero-order valence-electron chi connectivity index (χ0n) is 21.1. The molecule has 0 spiro atoms. The first-order valence-corrected chi connectivity index (χ1v) is 12.4. The molecular formula is C23H38N8O4. The molecule has 2 aliphatic rings. The number of piperidine rings is 2. The highest BCUT2D eigenvalue weighted by Crippen LogP contribution is 2.34. The topological polar surface area (TPSA) is 112 Å². The average molecular weight is 491 g/mol. The van der Waals surface area contributed by atoms with Gasteiger partial charge in [0.2, 0.25) is 11.9 Å². The third kappa shape index (κ3) is 5.83. The normalized spacial score (nSPS) is 16.7. The molecule has 2 aromatic rings. The molecule has 194 valence electrons. The molecule has 0 bridgehead atoms. The highest BCUT2D eigenvalue weighted by molar-refractivity contribution is 5.95. The van der Waals surface area contributed by atoms with Crippen molar-refractivity contribution in [1.29, 1.82) is 0 Å². The standard InChI is InChI=1S/C23H38N8O4/c1-33-15-30(14-32)22-24-18-19(20(26-22)28-10-6-4-7-11-28)25-23(31(16-34-2)17-35-3)27-21(18)29-12-8-5-9-13-29/h32H,4-17H2,1-3H3. The molecule has 1 N–H and O–H groups in total. The summed E-state index contributed by atoms with van der Waals surface area (Å²) in [6.07, 6.45) is 6.80. The van der Waals surface area contributed by atoms with E-state index in [-0.39, 0.29) is 13.5 Å². The van der Waals surface area contributed by atoms with Crippen LogP contribution in [0.1, 0.15) is 38.5 Å². The number of aliphatic hydroxyl groups is 1. The molecule has 2 aromatic heterocycles. The molecule has 12 nitrogen and oxygen atoms in total. The smallest absolute Gasteiger partial charge is 0.231 e. The predicted octanol–water partition coefficient (Wildman–Crippen LogP) is 1.77. The Bertz CT molecular complexity index is 947. The van der Waals surface area contributed by atoms with Gasteiger partial charge in [0, 0.05) is 47.5 Å². The van der Waals surface area contributed by atoms with E-state index in [4.69, 9.17) is 34.1 Å². The molecule has 4 heterocycles. The number of rotatable bonds is 11. The lowest BCUT2D eigenvalue weighted by Crippen LogP contribution is -2.35. The zero-order chi connectivity index (χ0) is 24.6. The lowest BCUT2D eigenvalue weighted by atomic mass is 10.1. The van der Waals surface area contributed by atoms with Gasteiger partial charge in [-0.3, -0.25) is 9.80 Å². The number of nitrogens with zero attached hydrogens (tertiary/aromatic N) is 8. The van der Waals surface area contributed by atoms with Crippen molar-refractivity contribution in [1.82, 2.24) is 19.9 Å². The fraction of sp³-hybridized carbons (Fsp3) is 0.739. The third-order valence-electron chi connectivity index (χ3n) is 6.39. The number of methoxy groups -OCH3 is 3. The molecule has 0 radical (unpaired) electrons. The molecule has 2 fully saturated rings. The fourth-order valence-electron chi connectivity index (χ4n) is 4.68. The number of anilines is 4. The van der Waals surface area contributed by atoms with Gasteiger partial charge in [0.05, 0.1) is 0 Å². The first kappa shape index (κ1) is 25.5. The van der Waals surface area contributed by atoms with Crippen LogP contribution in [0.5, 0.6) is 0 Å². The van der Waals surface area contributed by atoms with Crippen molar-refractivity contribution in [3.63, 3.8) is 0 Å². The van der Waals surface area contributed by atoms with Crippen LogP contribution < -0.4 is 19.6 Å². The molecular weight excluding hydrogens is 452 g/mol. The van der Waals surface area contributed by atoms with Crippen LogP contribution in [0.2, 0.25) is 0 Å². The van der Waals surface area contributed by atoms with Gasteiger partial charge in [0.15, 0.2) is 11.6 Å². The minimum absolute atomic E-state index is 0.175. The van der Waals surface area contributed by atoms with Gasteiger partial charge in [-0.2, -0.15) is 9.97 Å². The largest absolute Gasteiger partial charge is 0.376 e. The Labute approximate surface area is 206 Å². The second kappa shape index (κ2) is 12.4. The Kier molecular flexibility index (Phi) is 9.07. The molecule has 0 aromatic carbocycles. The Hall–Kier alpha value is -2.54. The Morgan fingerprint density at radius 1 is 0.629 bits per heavy atom. The van der Waals surface area contributed by atoms with E-state index in [0.717, 1.165) is 63.5 Å². The summed E-state index contributed by atoms with van der Waals surface area (Å²) in [5.41, 5.74) is 1.39. The number of ether oxygens (including phenoxy) is 3. The van der Waals surface area contributed by atoms with Crippen LogP contribution in [0.25, 0.3) is 11.0 Å². The van der Waals surface area contributed by atoms with Gasteiger partial charge in [-0.05, 0) is 38.5 Å². The van der Waals surface area contributed by atoms with Gasteiger partial charge in [0.25, 0.3) is 0 Å². The molecule has 2 aliphatic heterocycles. The Morgan fingerprint density at radius 3 is 1.43 bits per heavy atom. The van der Waals surface area contributed by atoms with E-state index in [9.17, 15) is 5.11 Å². The van der Waals surface area contributed by atoms with E-state index < -0.39 is 0 Å². The van der Waals surface area contributed by atoms with Crippen molar-refractivity contribution in [2.24, 2.45) is 0 Å². The quantitative estimate of drug-likeness (QED) is 0.463. The van der Waals surface area contributed by atoms with Crippen LogP contribution in [0.15, 0.2) is 0 Å². The van der Waals surface area contributed by atoms with Crippen molar-refractivity contribution >= 4 is 34.6 Å². The van der Waals surface area contributed by atoms with E-state index in [1.54, 1.807) is 26.2 Å². The van der Waals surface area contributed by atoms with Crippen LogP contribution >= 0.6 is 0 Å². The van der Waals surface area contributed by atoms with E-state index in [1.807, 2.05) is 4.90 Å². The monoisotopic (exact) mass is 490 g/mol.